The topological polar surface area (TPSA) is 63.8 Å². The quantitative estimate of drug-likeness (QED) is 0.503. The van der Waals surface area contributed by atoms with Crippen molar-refractivity contribution >= 4 is 17.6 Å². The molecule has 0 spiro atoms. The van der Waals surface area contributed by atoms with Crippen LogP contribution < -0.4 is 11.3 Å². The fourth-order valence-corrected chi connectivity index (χ4v) is 2.32. The predicted octanol–water partition coefficient (Wildman–Crippen LogP) is 2.78. The molecule has 0 unspecified atom stereocenters. The van der Waals surface area contributed by atoms with Gasteiger partial charge < -0.3 is 5.43 Å². The van der Waals surface area contributed by atoms with Crippen LogP contribution in [0.3, 0.4) is 0 Å². The molecule has 1 aromatic carbocycles. The number of aryl methyl sites for hydroxylation is 2. The number of rotatable bonds is 4. The molecule has 4 nitrogen and oxygen atoms in total. The summed E-state index contributed by atoms with van der Waals surface area (Å²) in [5, 5.41) is 0.902. The van der Waals surface area contributed by atoms with Crippen molar-refractivity contribution in [1.82, 2.24) is 9.97 Å². The largest absolute Gasteiger partial charge is 0.308 e. The van der Waals surface area contributed by atoms with Crippen molar-refractivity contribution in [2.24, 2.45) is 5.84 Å². The van der Waals surface area contributed by atoms with Crippen molar-refractivity contribution < 1.29 is 0 Å². The molecule has 94 valence electrons. The number of hydrazine groups is 1. The van der Waals surface area contributed by atoms with Gasteiger partial charge in [0.1, 0.15) is 16.7 Å². The molecule has 0 atom stereocenters. The van der Waals surface area contributed by atoms with Crippen LogP contribution in [-0.2, 0) is 6.42 Å². The maximum atomic E-state index is 5.41. The molecule has 1 heterocycles. The average molecular weight is 260 g/mol. The van der Waals surface area contributed by atoms with Crippen molar-refractivity contribution in [3.8, 4) is 0 Å². The van der Waals surface area contributed by atoms with E-state index in [9.17, 15) is 0 Å². The molecule has 0 aliphatic rings. The summed E-state index contributed by atoms with van der Waals surface area (Å²) < 4.78 is 0. The van der Waals surface area contributed by atoms with E-state index in [1.807, 2.05) is 13.0 Å². The highest BCUT2D eigenvalue weighted by Gasteiger charge is 2.04. The summed E-state index contributed by atoms with van der Waals surface area (Å²) in [6.45, 7) is 4.10. The highest BCUT2D eigenvalue weighted by atomic mass is 32.2. The van der Waals surface area contributed by atoms with Gasteiger partial charge in [-0.3, -0.25) is 0 Å². The van der Waals surface area contributed by atoms with Crippen molar-refractivity contribution in [1.29, 1.82) is 0 Å². The number of nitrogens with one attached hydrogen (secondary N) is 1. The summed E-state index contributed by atoms with van der Waals surface area (Å²) in [4.78, 5) is 9.90. The van der Waals surface area contributed by atoms with Gasteiger partial charge in [0.05, 0.1) is 0 Å². The van der Waals surface area contributed by atoms with Gasteiger partial charge in [0.2, 0.25) is 0 Å². The summed E-state index contributed by atoms with van der Waals surface area (Å²) >= 11 is 1.61. The van der Waals surface area contributed by atoms with E-state index in [4.69, 9.17) is 5.84 Å². The SMILES string of the molecule is CCc1nc(NN)cc(Sc2ccc(C)cc2)n1. The second-order valence-corrected chi connectivity index (χ2v) is 5.01. The second-order valence-electron chi connectivity index (χ2n) is 3.92. The minimum Gasteiger partial charge on any atom is -0.308 e. The summed E-state index contributed by atoms with van der Waals surface area (Å²) in [6.07, 6.45) is 0.789. The Labute approximate surface area is 111 Å². The Morgan fingerprint density at radius 1 is 1.22 bits per heavy atom. The van der Waals surface area contributed by atoms with Crippen LogP contribution in [0.5, 0.6) is 0 Å². The van der Waals surface area contributed by atoms with E-state index in [-0.39, 0.29) is 0 Å². The van der Waals surface area contributed by atoms with E-state index < -0.39 is 0 Å². The lowest BCUT2D eigenvalue weighted by Crippen LogP contribution is -2.10. The van der Waals surface area contributed by atoms with E-state index in [1.54, 1.807) is 11.8 Å². The Balaban J connectivity index is 2.25. The third-order valence-corrected chi connectivity index (χ3v) is 3.38. The van der Waals surface area contributed by atoms with Gasteiger partial charge in [-0.1, -0.05) is 36.4 Å². The Hall–Kier alpha value is -1.59. The lowest BCUT2D eigenvalue weighted by Gasteiger charge is -2.06. The number of hydrogen-bond acceptors (Lipinski definition) is 5. The van der Waals surface area contributed by atoms with Gasteiger partial charge in [-0.25, -0.2) is 15.8 Å². The van der Waals surface area contributed by atoms with Gasteiger partial charge in [-0.15, -0.1) is 0 Å². The highest BCUT2D eigenvalue weighted by molar-refractivity contribution is 7.99. The number of nitrogen functional groups attached to an aromatic ring is 1. The van der Waals surface area contributed by atoms with Crippen molar-refractivity contribution in [3.63, 3.8) is 0 Å². The molecule has 0 bridgehead atoms. The molecule has 0 fully saturated rings. The number of aromatic nitrogens is 2. The molecule has 2 aromatic rings. The average Bonchev–Trinajstić information content (AvgIpc) is 2.41. The number of nitrogens with zero attached hydrogens (tertiary/aromatic N) is 2. The van der Waals surface area contributed by atoms with Crippen LogP contribution in [0.4, 0.5) is 5.82 Å². The molecule has 1 aromatic heterocycles. The van der Waals surface area contributed by atoms with Gasteiger partial charge in [0.25, 0.3) is 0 Å². The maximum Gasteiger partial charge on any atom is 0.144 e. The van der Waals surface area contributed by atoms with Crippen LogP contribution in [0.2, 0.25) is 0 Å². The third-order valence-electron chi connectivity index (χ3n) is 2.46. The first-order chi connectivity index (χ1) is 8.71. The Morgan fingerprint density at radius 3 is 2.56 bits per heavy atom. The molecule has 0 saturated carbocycles. The predicted molar refractivity (Wildman–Crippen MR) is 74.5 cm³/mol. The van der Waals surface area contributed by atoms with E-state index in [1.165, 1.54) is 5.56 Å². The van der Waals surface area contributed by atoms with Gasteiger partial charge in [0, 0.05) is 17.4 Å². The van der Waals surface area contributed by atoms with Crippen LogP contribution in [0.25, 0.3) is 0 Å². The molecular weight excluding hydrogens is 244 g/mol. The minimum atomic E-state index is 0.650. The molecule has 0 aliphatic heterocycles. The fraction of sp³-hybridized carbons (Fsp3) is 0.231. The van der Waals surface area contributed by atoms with E-state index in [0.29, 0.717) is 5.82 Å². The summed E-state index contributed by atoms with van der Waals surface area (Å²) in [5.74, 6) is 6.85. The summed E-state index contributed by atoms with van der Waals surface area (Å²) in [5.41, 5.74) is 3.82. The first-order valence-electron chi connectivity index (χ1n) is 5.80. The zero-order valence-electron chi connectivity index (χ0n) is 10.5. The second kappa shape index (κ2) is 5.84. The van der Waals surface area contributed by atoms with Gasteiger partial charge in [-0.05, 0) is 19.1 Å². The molecule has 2 rings (SSSR count). The number of benzene rings is 1. The van der Waals surface area contributed by atoms with E-state index in [0.717, 1.165) is 22.2 Å². The van der Waals surface area contributed by atoms with Gasteiger partial charge in [-0.2, -0.15) is 0 Å². The van der Waals surface area contributed by atoms with Crippen molar-refractivity contribution in [2.45, 2.75) is 30.2 Å². The Bertz CT molecular complexity index is 503. The number of nitrogens with two attached hydrogens (primary N) is 1. The monoisotopic (exact) mass is 260 g/mol. The zero-order valence-corrected chi connectivity index (χ0v) is 11.3. The molecule has 0 saturated heterocycles. The summed E-state index contributed by atoms with van der Waals surface area (Å²) in [6, 6.07) is 10.2. The van der Waals surface area contributed by atoms with Crippen molar-refractivity contribution in [2.75, 3.05) is 5.43 Å². The highest BCUT2D eigenvalue weighted by Crippen LogP contribution is 2.27. The Kier molecular flexibility index (Phi) is 4.17. The van der Waals surface area contributed by atoms with E-state index >= 15 is 0 Å². The molecule has 0 amide bonds. The lowest BCUT2D eigenvalue weighted by molar-refractivity contribution is 0.888. The fourth-order valence-electron chi connectivity index (χ4n) is 1.48. The maximum absolute atomic E-state index is 5.41. The van der Waals surface area contributed by atoms with Gasteiger partial charge in [0.15, 0.2) is 0 Å². The standard InChI is InChI=1S/C13H16N4S/c1-3-11-15-12(17-14)8-13(16-11)18-10-6-4-9(2)5-7-10/h4-8H,3,14H2,1-2H3,(H,15,16,17). The molecule has 0 aliphatic carbocycles. The molecular formula is C13H16N4S. The van der Waals surface area contributed by atoms with Gasteiger partial charge >= 0.3 is 0 Å². The molecule has 0 radical (unpaired) electrons. The normalized spacial score (nSPS) is 10.4. The summed E-state index contributed by atoms with van der Waals surface area (Å²) in [7, 11) is 0. The number of anilines is 1. The van der Waals surface area contributed by atoms with Crippen LogP contribution >= 0.6 is 11.8 Å². The first-order valence-corrected chi connectivity index (χ1v) is 6.62. The Morgan fingerprint density at radius 2 is 1.94 bits per heavy atom. The first kappa shape index (κ1) is 12.9. The van der Waals surface area contributed by atoms with Crippen LogP contribution in [-0.4, -0.2) is 9.97 Å². The minimum absolute atomic E-state index is 0.650. The van der Waals surface area contributed by atoms with Crippen LogP contribution in [0.1, 0.15) is 18.3 Å². The smallest absolute Gasteiger partial charge is 0.144 e. The third kappa shape index (κ3) is 3.21. The van der Waals surface area contributed by atoms with Crippen LogP contribution in [0, 0.1) is 6.92 Å². The lowest BCUT2D eigenvalue weighted by atomic mass is 10.2. The molecule has 18 heavy (non-hydrogen) atoms. The molecule has 3 N–H and O–H groups in total. The van der Waals surface area contributed by atoms with Crippen molar-refractivity contribution in [3.05, 3.63) is 41.7 Å². The van der Waals surface area contributed by atoms with E-state index in [2.05, 4.69) is 46.6 Å². The number of hydrogen-bond donors (Lipinski definition) is 2. The molecule has 5 heteroatoms. The van der Waals surface area contributed by atoms with Crippen LogP contribution in [0.15, 0.2) is 40.3 Å². The zero-order chi connectivity index (χ0) is 13.0.